The summed E-state index contributed by atoms with van der Waals surface area (Å²) in [5.41, 5.74) is 0.0397. The van der Waals surface area contributed by atoms with Crippen molar-refractivity contribution in [3.05, 3.63) is 29.8 Å². The highest BCUT2D eigenvalue weighted by molar-refractivity contribution is 5.85. The van der Waals surface area contributed by atoms with E-state index in [4.69, 9.17) is 4.11 Å². The number of halogens is 1. The highest BCUT2D eigenvalue weighted by Gasteiger charge is 2.05. The van der Waals surface area contributed by atoms with Gasteiger partial charge in [-0.3, -0.25) is 0 Å². The number of hydrogen-bond acceptors (Lipinski definition) is 3. The molecule has 0 heterocycles. The molecule has 1 aromatic carbocycles. The first-order valence-corrected chi connectivity index (χ1v) is 3.61. The van der Waals surface area contributed by atoms with Gasteiger partial charge in [-0.1, -0.05) is 12.1 Å². The SMILES string of the molecule is Cl.[2H]c1cc([2H])c([C@@H](O)CNC)c([2H])c1O. The molecule has 0 aromatic heterocycles. The van der Waals surface area contributed by atoms with Gasteiger partial charge in [0.25, 0.3) is 0 Å². The van der Waals surface area contributed by atoms with E-state index in [0.717, 1.165) is 6.07 Å². The van der Waals surface area contributed by atoms with Crippen LogP contribution >= 0.6 is 12.4 Å². The Bertz CT molecular complexity index is 376. The number of nitrogens with one attached hydrogen (secondary N) is 1. The van der Waals surface area contributed by atoms with Crippen molar-refractivity contribution in [2.75, 3.05) is 13.6 Å². The second kappa shape index (κ2) is 5.80. The van der Waals surface area contributed by atoms with Crippen molar-refractivity contribution in [1.29, 1.82) is 0 Å². The highest BCUT2D eigenvalue weighted by Crippen LogP contribution is 2.17. The Kier molecular flexibility index (Phi) is 3.40. The van der Waals surface area contributed by atoms with Gasteiger partial charge in [-0.15, -0.1) is 12.4 Å². The van der Waals surface area contributed by atoms with Crippen molar-refractivity contribution in [3.8, 4) is 5.75 Å². The molecule has 0 saturated carbocycles. The third kappa shape index (κ3) is 3.63. The first-order chi connectivity index (χ1) is 6.99. The van der Waals surface area contributed by atoms with Crippen LogP contribution in [0.15, 0.2) is 24.2 Å². The van der Waals surface area contributed by atoms with Gasteiger partial charge >= 0.3 is 0 Å². The molecule has 1 aromatic rings. The van der Waals surface area contributed by atoms with Crippen molar-refractivity contribution >= 4 is 12.4 Å². The quantitative estimate of drug-likeness (QED) is 0.694. The Morgan fingerprint density at radius 3 is 2.92 bits per heavy atom. The van der Waals surface area contributed by atoms with E-state index in [1.807, 2.05) is 0 Å². The number of likely N-dealkylation sites (N-methyl/N-ethyl adjacent to an activating group) is 1. The van der Waals surface area contributed by atoms with Gasteiger partial charge in [-0.25, -0.2) is 0 Å². The number of rotatable bonds is 3. The predicted molar refractivity (Wildman–Crippen MR) is 54.2 cm³/mol. The van der Waals surface area contributed by atoms with Crippen LogP contribution in [0.1, 0.15) is 15.8 Å². The lowest BCUT2D eigenvalue weighted by Crippen LogP contribution is -2.16. The van der Waals surface area contributed by atoms with Gasteiger partial charge in [0.2, 0.25) is 0 Å². The fraction of sp³-hybridized carbons (Fsp3) is 0.333. The number of phenolic OH excluding ortho intramolecular Hbond substituents is 1. The van der Waals surface area contributed by atoms with E-state index in [1.165, 1.54) is 0 Å². The number of aliphatic hydroxyl groups is 1. The van der Waals surface area contributed by atoms with Gasteiger partial charge in [0, 0.05) is 6.54 Å². The Labute approximate surface area is 88.0 Å². The van der Waals surface area contributed by atoms with E-state index in [0.29, 0.717) is 0 Å². The first-order valence-electron chi connectivity index (χ1n) is 5.11. The Balaban J connectivity index is 0.00000225. The molecule has 0 radical (unpaired) electrons. The second-order valence-electron chi connectivity index (χ2n) is 2.39. The van der Waals surface area contributed by atoms with Crippen molar-refractivity contribution in [1.82, 2.24) is 5.32 Å². The molecule has 3 nitrogen and oxygen atoms in total. The van der Waals surface area contributed by atoms with Crippen LogP contribution in [-0.2, 0) is 0 Å². The van der Waals surface area contributed by atoms with Crippen LogP contribution in [-0.4, -0.2) is 23.8 Å². The summed E-state index contributed by atoms with van der Waals surface area (Å²) in [5, 5.41) is 21.7. The van der Waals surface area contributed by atoms with Crippen LogP contribution in [0.2, 0.25) is 0 Å². The molecule has 0 fully saturated rings. The third-order valence-corrected chi connectivity index (χ3v) is 1.42. The Morgan fingerprint density at radius 2 is 2.31 bits per heavy atom. The minimum absolute atomic E-state index is 0. The van der Waals surface area contributed by atoms with Crippen molar-refractivity contribution < 1.29 is 14.3 Å². The lowest BCUT2D eigenvalue weighted by Gasteiger charge is -2.09. The maximum Gasteiger partial charge on any atom is 0.115 e. The highest BCUT2D eigenvalue weighted by atomic mass is 35.5. The molecule has 4 heteroatoms. The minimum Gasteiger partial charge on any atom is -0.508 e. The lowest BCUT2D eigenvalue weighted by atomic mass is 10.1. The van der Waals surface area contributed by atoms with E-state index in [1.54, 1.807) is 7.05 Å². The van der Waals surface area contributed by atoms with Crippen LogP contribution in [0.25, 0.3) is 0 Å². The van der Waals surface area contributed by atoms with E-state index >= 15 is 0 Å². The van der Waals surface area contributed by atoms with Crippen LogP contribution in [0.3, 0.4) is 0 Å². The van der Waals surface area contributed by atoms with Crippen molar-refractivity contribution in [3.63, 3.8) is 0 Å². The molecule has 0 spiro atoms. The molecular weight excluding hydrogens is 190 g/mol. The van der Waals surface area contributed by atoms with Gasteiger partial charge in [-0.05, 0) is 24.7 Å². The molecule has 74 valence electrons. The molecule has 0 saturated heterocycles. The maximum atomic E-state index is 9.62. The van der Waals surface area contributed by atoms with Crippen LogP contribution in [0, 0.1) is 0 Å². The molecular formula is C9H14ClNO2. The van der Waals surface area contributed by atoms with E-state index in [-0.39, 0.29) is 42.6 Å². The molecule has 0 aliphatic carbocycles. The number of aromatic hydroxyl groups is 1. The molecule has 0 aliphatic heterocycles. The smallest absolute Gasteiger partial charge is 0.115 e. The number of hydrogen-bond donors (Lipinski definition) is 3. The lowest BCUT2D eigenvalue weighted by molar-refractivity contribution is 0.177. The average molecular weight is 207 g/mol. The van der Waals surface area contributed by atoms with E-state index < -0.39 is 11.9 Å². The van der Waals surface area contributed by atoms with Crippen molar-refractivity contribution in [2.24, 2.45) is 0 Å². The maximum absolute atomic E-state index is 9.62. The molecule has 13 heavy (non-hydrogen) atoms. The Hall–Kier alpha value is -0.770. The van der Waals surface area contributed by atoms with Gasteiger partial charge in [0.1, 0.15) is 5.75 Å². The van der Waals surface area contributed by atoms with Crippen LogP contribution in [0.5, 0.6) is 5.75 Å². The zero-order valence-electron chi connectivity index (χ0n) is 10.2. The first kappa shape index (κ1) is 7.62. The molecule has 1 atom stereocenters. The monoisotopic (exact) mass is 206 g/mol. The summed E-state index contributed by atoms with van der Waals surface area (Å²) in [6.07, 6.45) is -1.03. The zero-order chi connectivity index (χ0) is 11.6. The number of benzene rings is 1. The summed E-state index contributed by atoms with van der Waals surface area (Å²) in [5.74, 6) is -0.504. The van der Waals surface area contributed by atoms with E-state index in [2.05, 4.69) is 5.32 Å². The normalized spacial score (nSPS) is 15.1. The fourth-order valence-electron chi connectivity index (χ4n) is 0.857. The van der Waals surface area contributed by atoms with Gasteiger partial charge in [0.05, 0.1) is 10.2 Å². The predicted octanol–water partition coefficient (Wildman–Crippen LogP) is 1.07. The summed E-state index contributed by atoms with van der Waals surface area (Å²) in [6.45, 7) is 0.189. The van der Waals surface area contributed by atoms with Gasteiger partial charge in [0.15, 0.2) is 0 Å². The van der Waals surface area contributed by atoms with Gasteiger partial charge < -0.3 is 15.5 Å². The second-order valence-corrected chi connectivity index (χ2v) is 2.39. The molecule has 0 unspecified atom stereocenters. The van der Waals surface area contributed by atoms with Crippen LogP contribution in [0.4, 0.5) is 0 Å². The number of aliphatic hydroxyl groups excluding tert-OH is 1. The summed E-state index contributed by atoms with van der Waals surface area (Å²) in [4.78, 5) is 0. The largest absolute Gasteiger partial charge is 0.508 e. The summed E-state index contributed by atoms with van der Waals surface area (Å²) < 4.78 is 22.3. The molecule has 0 amide bonds. The zero-order valence-corrected chi connectivity index (χ0v) is 7.98. The standard InChI is InChI=1S/C9H13NO2.ClH/c1-10-6-9(12)7-3-2-4-8(11)5-7;/h2-5,9-12H,6H2,1H3;1H/t9-;/m0./s1/i3D,4D,5D;. The summed E-state index contributed by atoms with van der Waals surface area (Å²) in [6, 6.07) is 0.382. The topological polar surface area (TPSA) is 52.5 Å². The molecule has 1 rings (SSSR count). The average Bonchev–Trinajstić information content (AvgIpc) is 2.15. The van der Waals surface area contributed by atoms with Crippen molar-refractivity contribution in [2.45, 2.75) is 6.10 Å². The van der Waals surface area contributed by atoms with Crippen LogP contribution < -0.4 is 5.32 Å². The fourth-order valence-corrected chi connectivity index (χ4v) is 0.857. The molecule has 0 bridgehead atoms. The molecule has 0 aliphatic rings. The summed E-state index contributed by atoms with van der Waals surface area (Å²) >= 11 is 0. The summed E-state index contributed by atoms with van der Waals surface area (Å²) in [7, 11) is 1.63. The number of phenols is 1. The minimum atomic E-state index is -1.03. The third-order valence-electron chi connectivity index (χ3n) is 1.42. The van der Waals surface area contributed by atoms with Gasteiger partial charge in [-0.2, -0.15) is 0 Å². The Morgan fingerprint density at radius 1 is 1.62 bits per heavy atom. The molecule has 3 N–H and O–H groups in total. The van der Waals surface area contributed by atoms with E-state index in [9.17, 15) is 10.2 Å².